The van der Waals surface area contributed by atoms with E-state index < -0.39 is 0 Å². The maximum atomic E-state index is 12.2. The minimum absolute atomic E-state index is 0.0229. The lowest BCUT2D eigenvalue weighted by Gasteiger charge is -1.99. The maximum Gasteiger partial charge on any atom is 0.329 e. The van der Waals surface area contributed by atoms with Gasteiger partial charge >= 0.3 is 5.69 Å². The minimum atomic E-state index is -0.0229. The first kappa shape index (κ1) is 10.9. The van der Waals surface area contributed by atoms with E-state index in [9.17, 15) is 4.79 Å². The summed E-state index contributed by atoms with van der Waals surface area (Å²) in [5.41, 5.74) is 1.84. The first-order valence-electron chi connectivity index (χ1n) is 5.86. The van der Waals surface area contributed by atoms with Crippen LogP contribution in [-0.4, -0.2) is 9.13 Å². The summed E-state index contributed by atoms with van der Waals surface area (Å²) < 4.78 is 8.92. The van der Waals surface area contributed by atoms with Crippen molar-refractivity contribution in [2.45, 2.75) is 13.5 Å². The van der Waals surface area contributed by atoms with E-state index in [0.29, 0.717) is 6.54 Å². The number of para-hydroxylation sites is 2. The van der Waals surface area contributed by atoms with Crippen LogP contribution in [-0.2, 0) is 13.6 Å². The fourth-order valence-electron chi connectivity index (χ4n) is 2.24. The van der Waals surface area contributed by atoms with Gasteiger partial charge in [0, 0.05) is 7.05 Å². The standard InChI is InChI=1S/C14H14N2O2/c1-10-7-8-11(18-10)9-16-13-6-4-3-5-12(13)15(2)14(16)17/h3-8H,9H2,1-2H3. The molecule has 2 heterocycles. The van der Waals surface area contributed by atoms with E-state index in [2.05, 4.69) is 0 Å². The number of fused-ring (bicyclic) bond motifs is 1. The number of aromatic nitrogens is 2. The smallest absolute Gasteiger partial charge is 0.329 e. The third-order valence-electron chi connectivity index (χ3n) is 3.16. The highest BCUT2D eigenvalue weighted by atomic mass is 16.3. The van der Waals surface area contributed by atoms with Gasteiger partial charge in [0.05, 0.1) is 17.6 Å². The van der Waals surface area contributed by atoms with Gasteiger partial charge in [-0.15, -0.1) is 0 Å². The lowest BCUT2D eigenvalue weighted by atomic mass is 10.3. The molecule has 0 saturated carbocycles. The van der Waals surface area contributed by atoms with Crippen LogP contribution in [0.5, 0.6) is 0 Å². The van der Waals surface area contributed by atoms with Crippen molar-refractivity contribution < 1.29 is 4.42 Å². The first-order chi connectivity index (χ1) is 8.66. The van der Waals surface area contributed by atoms with Gasteiger partial charge < -0.3 is 4.42 Å². The molecule has 1 aromatic carbocycles. The molecule has 0 fully saturated rings. The van der Waals surface area contributed by atoms with Crippen molar-refractivity contribution in [3.8, 4) is 0 Å². The number of hydrogen-bond acceptors (Lipinski definition) is 2. The SMILES string of the molecule is Cc1ccc(Cn2c(=O)n(C)c3ccccc32)o1. The zero-order valence-electron chi connectivity index (χ0n) is 10.4. The second-order valence-electron chi connectivity index (χ2n) is 4.43. The summed E-state index contributed by atoms with van der Waals surface area (Å²) in [5.74, 6) is 1.66. The van der Waals surface area contributed by atoms with Gasteiger partial charge in [0.15, 0.2) is 0 Å². The Bertz CT molecular complexity index is 762. The van der Waals surface area contributed by atoms with Crippen molar-refractivity contribution in [1.82, 2.24) is 9.13 Å². The molecule has 0 N–H and O–H groups in total. The van der Waals surface area contributed by atoms with Crippen molar-refractivity contribution >= 4 is 11.0 Å². The molecule has 0 radical (unpaired) electrons. The second kappa shape index (κ2) is 3.91. The van der Waals surface area contributed by atoms with E-state index >= 15 is 0 Å². The van der Waals surface area contributed by atoms with Crippen LogP contribution in [0.3, 0.4) is 0 Å². The molecule has 0 amide bonds. The highest BCUT2D eigenvalue weighted by molar-refractivity contribution is 5.75. The molecule has 0 spiro atoms. The van der Waals surface area contributed by atoms with Gasteiger partial charge in [-0.1, -0.05) is 12.1 Å². The van der Waals surface area contributed by atoms with Gasteiger partial charge in [0.2, 0.25) is 0 Å². The summed E-state index contributed by atoms with van der Waals surface area (Å²) in [6.07, 6.45) is 0. The number of nitrogens with zero attached hydrogens (tertiary/aromatic N) is 2. The number of hydrogen-bond donors (Lipinski definition) is 0. The quantitative estimate of drug-likeness (QED) is 0.691. The Morgan fingerprint density at radius 2 is 1.83 bits per heavy atom. The predicted molar refractivity (Wildman–Crippen MR) is 69.7 cm³/mol. The normalized spacial score (nSPS) is 11.2. The van der Waals surface area contributed by atoms with Crippen molar-refractivity contribution in [3.63, 3.8) is 0 Å². The monoisotopic (exact) mass is 242 g/mol. The Balaban J connectivity index is 2.17. The van der Waals surface area contributed by atoms with E-state index in [-0.39, 0.29) is 5.69 Å². The molecule has 0 saturated heterocycles. The molecule has 0 atom stereocenters. The Hall–Kier alpha value is -2.23. The molecule has 0 bridgehead atoms. The highest BCUT2D eigenvalue weighted by Crippen LogP contribution is 2.14. The lowest BCUT2D eigenvalue weighted by Crippen LogP contribution is -2.22. The second-order valence-corrected chi connectivity index (χ2v) is 4.43. The van der Waals surface area contributed by atoms with Gasteiger partial charge in [-0.25, -0.2) is 4.79 Å². The predicted octanol–water partition coefficient (Wildman–Crippen LogP) is 2.29. The average Bonchev–Trinajstić information content (AvgIpc) is 2.88. The van der Waals surface area contributed by atoms with E-state index in [1.807, 2.05) is 43.3 Å². The van der Waals surface area contributed by atoms with Crippen LogP contribution in [0.25, 0.3) is 11.0 Å². The maximum absolute atomic E-state index is 12.2. The Morgan fingerprint density at radius 3 is 2.50 bits per heavy atom. The summed E-state index contributed by atoms with van der Waals surface area (Å²) >= 11 is 0. The number of benzene rings is 1. The average molecular weight is 242 g/mol. The first-order valence-corrected chi connectivity index (χ1v) is 5.86. The molecule has 2 aromatic heterocycles. The van der Waals surface area contributed by atoms with Crippen LogP contribution in [0.4, 0.5) is 0 Å². The van der Waals surface area contributed by atoms with Gasteiger partial charge in [0.25, 0.3) is 0 Å². The zero-order valence-corrected chi connectivity index (χ0v) is 10.4. The van der Waals surface area contributed by atoms with Gasteiger partial charge in [0.1, 0.15) is 11.5 Å². The molecule has 4 nitrogen and oxygen atoms in total. The van der Waals surface area contributed by atoms with E-state index in [1.165, 1.54) is 0 Å². The van der Waals surface area contributed by atoms with Crippen molar-refractivity contribution in [2.75, 3.05) is 0 Å². The number of furan rings is 1. The number of rotatable bonds is 2. The van der Waals surface area contributed by atoms with E-state index in [0.717, 1.165) is 22.6 Å². The summed E-state index contributed by atoms with van der Waals surface area (Å²) in [6, 6.07) is 11.6. The van der Waals surface area contributed by atoms with E-state index in [1.54, 1.807) is 16.2 Å². The molecule has 0 unspecified atom stereocenters. The van der Waals surface area contributed by atoms with Crippen LogP contribution in [0.15, 0.2) is 45.6 Å². The van der Waals surface area contributed by atoms with Crippen molar-refractivity contribution in [3.05, 3.63) is 58.4 Å². The van der Waals surface area contributed by atoms with Crippen LogP contribution >= 0.6 is 0 Å². The molecular weight excluding hydrogens is 228 g/mol. The van der Waals surface area contributed by atoms with Crippen LogP contribution < -0.4 is 5.69 Å². The molecule has 3 rings (SSSR count). The molecule has 0 aliphatic heterocycles. The van der Waals surface area contributed by atoms with Crippen molar-refractivity contribution in [1.29, 1.82) is 0 Å². The van der Waals surface area contributed by atoms with E-state index in [4.69, 9.17) is 4.42 Å². The van der Waals surface area contributed by atoms with Crippen LogP contribution in [0.1, 0.15) is 11.5 Å². The molecular formula is C14H14N2O2. The fourth-order valence-corrected chi connectivity index (χ4v) is 2.24. The molecule has 0 aliphatic carbocycles. The van der Waals surface area contributed by atoms with Crippen molar-refractivity contribution in [2.24, 2.45) is 7.05 Å². The van der Waals surface area contributed by atoms with Gasteiger partial charge in [-0.2, -0.15) is 0 Å². The summed E-state index contributed by atoms with van der Waals surface area (Å²) in [7, 11) is 1.79. The third kappa shape index (κ3) is 1.57. The Morgan fingerprint density at radius 1 is 1.11 bits per heavy atom. The van der Waals surface area contributed by atoms with Crippen LogP contribution in [0.2, 0.25) is 0 Å². The molecule has 0 aliphatic rings. The Labute approximate surface area is 104 Å². The van der Waals surface area contributed by atoms with Crippen LogP contribution in [0, 0.1) is 6.92 Å². The molecule has 92 valence electrons. The molecule has 3 aromatic rings. The third-order valence-corrected chi connectivity index (χ3v) is 3.16. The minimum Gasteiger partial charge on any atom is -0.464 e. The number of imidazole rings is 1. The zero-order chi connectivity index (χ0) is 12.7. The van der Waals surface area contributed by atoms with Gasteiger partial charge in [-0.05, 0) is 31.2 Å². The summed E-state index contributed by atoms with van der Waals surface area (Å²) in [6.45, 7) is 2.36. The summed E-state index contributed by atoms with van der Waals surface area (Å²) in [4.78, 5) is 12.2. The molecule has 18 heavy (non-hydrogen) atoms. The lowest BCUT2D eigenvalue weighted by molar-refractivity contribution is 0.468. The highest BCUT2D eigenvalue weighted by Gasteiger charge is 2.11. The number of aryl methyl sites for hydroxylation is 2. The van der Waals surface area contributed by atoms with Gasteiger partial charge in [-0.3, -0.25) is 9.13 Å². The Kier molecular flexibility index (Phi) is 2.37. The topological polar surface area (TPSA) is 40.1 Å². The largest absolute Gasteiger partial charge is 0.464 e. The summed E-state index contributed by atoms with van der Waals surface area (Å²) in [5, 5.41) is 0. The fraction of sp³-hybridized carbons (Fsp3) is 0.214. The molecule has 4 heteroatoms.